The van der Waals surface area contributed by atoms with Crippen LogP contribution in [0.15, 0.2) is 57.4 Å². The molecule has 0 aliphatic heterocycles. The van der Waals surface area contributed by atoms with Gasteiger partial charge in [-0.2, -0.15) is 0 Å². The van der Waals surface area contributed by atoms with Crippen molar-refractivity contribution in [1.82, 2.24) is 10.2 Å². The van der Waals surface area contributed by atoms with Crippen LogP contribution in [0.2, 0.25) is 0 Å². The number of anilines is 1. The standard InChI is InChI=1S/C16H12BrN3O3/c1-22-13-7-3-4-10(9-13)14(21)18-16-20-19-15(23-16)11-5-2-6-12(17)8-11/h2-9H,1H3,(H,18,20,21). The predicted octanol–water partition coefficient (Wildman–Crippen LogP) is 3.76. The maximum Gasteiger partial charge on any atom is 0.322 e. The van der Waals surface area contributed by atoms with Crippen molar-refractivity contribution in [3.8, 4) is 17.2 Å². The Balaban J connectivity index is 1.77. The minimum Gasteiger partial charge on any atom is -0.497 e. The Hall–Kier alpha value is -2.67. The van der Waals surface area contributed by atoms with Crippen LogP contribution < -0.4 is 10.1 Å². The number of aromatic nitrogens is 2. The molecule has 1 heterocycles. The summed E-state index contributed by atoms with van der Waals surface area (Å²) >= 11 is 3.38. The van der Waals surface area contributed by atoms with Gasteiger partial charge in [0.05, 0.1) is 7.11 Å². The van der Waals surface area contributed by atoms with E-state index in [2.05, 4.69) is 31.4 Å². The number of halogens is 1. The third-order valence-electron chi connectivity index (χ3n) is 3.05. The van der Waals surface area contributed by atoms with Crippen LogP contribution in [0.25, 0.3) is 11.5 Å². The number of ether oxygens (including phenoxy) is 1. The highest BCUT2D eigenvalue weighted by Crippen LogP contribution is 2.23. The Morgan fingerprint density at radius 2 is 2.00 bits per heavy atom. The number of rotatable bonds is 4. The van der Waals surface area contributed by atoms with E-state index in [4.69, 9.17) is 9.15 Å². The number of hydrogen-bond acceptors (Lipinski definition) is 5. The van der Waals surface area contributed by atoms with Gasteiger partial charge in [-0.25, -0.2) is 0 Å². The van der Waals surface area contributed by atoms with Crippen molar-refractivity contribution in [2.45, 2.75) is 0 Å². The van der Waals surface area contributed by atoms with Crippen LogP contribution in [-0.4, -0.2) is 23.2 Å². The SMILES string of the molecule is COc1cccc(C(=O)Nc2nnc(-c3cccc(Br)c3)o2)c1. The van der Waals surface area contributed by atoms with Crippen molar-refractivity contribution < 1.29 is 13.9 Å². The van der Waals surface area contributed by atoms with Gasteiger partial charge in [-0.15, -0.1) is 5.10 Å². The quantitative estimate of drug-likeness (QED) is 0.753. The van der Waals surface area contributed by atoms with Crippen molar-refractivity contribution in [2.75, 3.05) is 12.4 Å². The number of hydrogen-bond donors (Lipinski definition) is 1. The van der Waals surface area contributed by atoms with Crippen LogP contribution in [0.5, 0.6) is 5.75 Å². The third kappa shape index (κ3) is 3.57. The second-order valence-electron chi connectivity index (χ2n) is 4.61. The van der Waals surface area contributed by atoms with Crippen LogP contribution in [-0.2, 0) is 0 Å². The van der Waals surface area contributed by atoms with Gasteiger partial charge in [-0.05, 0) is 36.4 Å². The molecule has 23 heavy (non-hydrogen) atoms. The van der Waals surface area contributed by atoms with E-state index in [-0.39, 0.29) is 11.9 Å². The lowest BCUT2D eigenvalue weighted by Gasteiger charge is -2.03. The summed E-state index contributed by atoms with van der Waals surface area (Å²) in [6.07, 6.45) is 0. The Bertz CT molecular complexity index is 848. The van der Waals surface area contributed by atoms with E-state index in [0.29, 0.717) is 17.2 Å². The van der Waals surface area contributed by atoms with Crippen molar-refractivity contribution in [2.24, 2.45) is 0 Å². The summed E-state index contributed by atoms with van der Waals surface area (Å²) in [6, 6.07) is 14.3. The molecule has 0 unspecified atom stereocenters. The van der Waals surface area contributed by atoms with Gasteiger partial charge in [0.15, 0.2) is 0 Å². The number of carbonyl (C=O) groups excluding carboxylic acids is 1. The largest absolute Gasteiger partial charge is 0.497 e. The fraction of sp³-hybridized carbons (Fsp3) is 0.0625. The predicted molar refractivity (Wildman–Crippen MR) is 88.4 cm³/mol. The lowest BCUT2D eigenvalue weighted by atomic mass is 10.2. The highest BCUT2D eigenvalue weighted by molar-refractivity contribution is 9.10. The molecule has 1 aromatic heterocycles. The van der Waals surface area contributed by atoms with Crippen LogP contribution in [0.1, 0.15) is 10.4 Å². The van der Waals surface area contributed by atoms with Gasteiger partial charge < -0.3 is 9.15 Å². The third-order valence-corrected chi connectivity index (χ3v) is 3.54. The molecule has 2 aromatic carbocycles. The van der Waals surface area contributed by atoms with Gasteiger partial charge in [0.2, 0.25) is 5.89 Å². The average Bonchev–Trinajstić information content (AvgIpc) is 3.03. The van der Waals surface area contributed by atoms with E-state index in [1.165, 1.54) is 0 Å². The summed E-state index contributed by atoms with van der Waals surface area (Å²) in [7, 11) is 1.54. The Kier molecular flexibility index (Phi) is 4.38. The van der Waals surface area contributed by atoms with Crippen LogP contribution in [0.3, 0.4) is 0 Å². The summed E-state index contributed by atoms with van der Waals surface area (Å²) in [4.78, 5) is 12.2. The number of nitrogens with one attached hydrogen (secondary N) is 1. The molecule has 116 valence electrons. The molecule has 0 aliphatic rings. The Morgan fingerprint density at radius 3 is 2.78 bits per heavy atom. The number of nitrogens with zero attached hydrogens (tertiary/aromatic N) is 2. The molecule has 0 radical (unpaired) electrons. The van der Waals surface area contributed by atoms with Gasteiger partial charge in [0.1, 0.15) is 5.75 Å². The van der Waals surface area contributed by atoms with Crippen molar-refractivity contribution in [1.29, 1.82) is 0 Å². The second kappa shape index (κ2) is 6.62. The average molecular weight is 374 g/mol. The summed E-state index contributed by atoms with van der Waals surface area (Å²) in [5, 5.41) is 10.3. The molecular formula is C16H12BrN3O3. The number of amides is 1. The molecule has 7 heteroatoms. The zero-order valence-electron chi connectivity index (χ0n) is 12.1. The van der Waals surface area contributed by atoms with Crippen molar-refractivity contribution >= 4 is 27.9 Å². The molecule has 3 aromatic rings. The zero-order chi connectivity index (χ0) is 16.2. The second-order valence-corrected chi connectivity index (χ2v) is 5.52. The molecule has 0 atom stereocenters. The van der Waals surface area contributed by atoms with E-state index in [1.807, 2.05) is 24.3 Å². The fourth-order valence-electron chi connectivity index (χ4n) is 1.95. The maximum atomic E-state index is 12.2. The minimum absolute atomic E-state index is 0.0350. The van der Waals surface area contributed by atoms with Crippen molar-refractivity contribution in [3.05, 3.63) is 58.6 Å². The summed E-state index contributed by atoms with van der Waals surface area (Å²) < 4.78 is 11.5. The summed E-state index contributed by atoms with van der Waals surface area (Å²) in [6.45, 7) is 0. The fourth-order valence-corrected chi connectivity index (χ4v) is 2.34. The first-order chi connectivity index (χ1) is 11.2. The highest BCUT2D eigenvalue weighted by atomic mass is 79.9. The van der Waals surface area contributed by atoms with Crippen LogP contribution in [0.4, 0.5) is 6.01 Å². The lowest BCUT2D eigenvalue weighted by Crippen LogP contribution is -2.12. The summed E-state index contributed by atoms with van der Waals surface area (Å²) in [5.41, 5.74) is 1.19. The van der Waals surface area contributed by atoms with E-state index < -0.39 is 0 Å². The molecule has 3 rings (SSSR count). The van der Waals surface area contributed by atoms with Crippen LogP contribution >= 0.6 is 15.9 Å². The van der Waals surface area contributed by atoms with Gasteiger partial charge in [-0.3, -0.25) is 10.1 Å². The lowest BCUT2D eigenvalue weighted by molar-refractivity contribution is 0.102. The van der Waals surface area contributed by atoms with Gasteiger partial charge in [0.25, 0.3) is 5.91 Å². The molecule has 0 bridgehead atoms. The van der Waals surface area contributed by atoms with Gasteiger partial charge in [-0.1, -0.05) is 33.2 Å². The molecule has 0 fully saturated rings. The summed E-state index contributed by atoms with van der Waals surface area (Å²) in [5.74, 6) is 0.568. The van der Waals surface area contributed by atoms with E-state index in [0.717, 1.165) is 10.0 Å². The molecule has 0 saturated heterocycles. The number of carbonyl (C=O) groups is 1. The highest BCUT2D eigenvalue weighted by Gasteiger charge is 2.13. The monoisotopic (exact) mass is 373 g/mol. The Morgan fingerprint density at radius 1 is 1.17 bits per heavy atom. The molecule has 1 N–H and O–H groups in total. The minimum atomic E-state index is -0.353. The van der Waals surface area contributed by atoms with Crippen LogP contribution in [0, 0.1) is 0 Å². The molecule has 0 spiro atoms. The van der Waals surface area contributed by atoms with E-state index >= 15 is 0 Å². The first-order valence-corrected chi connectivity index (χ1v) is 7.50. The topological polar surface area (TPSA) is 77.2 Å². The van der Waals surface area contributed by atoms with Gasteiger partial charge in [0, 0.05) is 15.6 Å². The molecule has 0 aliphatic carbocycles. The van der Waals surface area contributed by atoms with E-state index in [1.54, 1.807) is 31.4 Å². The number of methoxy groups -OCH3 is 1. The maximum absolute atomic E-state index is 12.2. The van der Waals surface area contributed by atoms with Crippen molar-refractivity contribution in [3.63, 3.8) is 0 Å². The smallest absolute Gasteiger partial charge is 0.322 e. The number of benzene rings is 2. The van der Waals surface area contributed by atoms with E-state index in [9.17, 15) is 4.79 Å². The first-order valence-electron chi connectivity index (χ1n) is 6.70. The zero-order valence-corrected chi connectivity index (χ0v) is 13.7. The molecule has 6 nitrogen and oxygen atoms in total. The Labute approximate surface area is 140 Å². The van der Waals surface area contributed by atoms with Gasteiger partial charge >= 0.3 is 6.01 Å². The normalized spacial score (nSPS) is 10.3. The molecule has 0 saturated carbocycles. The molecule has 1 amide bonds. The first kappa shape index (κ1) is 15.2. The molecular weight excluding hydrogens is 362 g/mol.